The molecule has 0 radical (unpaired) electrons. The Kier molecular flexibility index (Phi) is 7.70. The zero-order valence-electron chi connectivity index (χ0n) is 12.4. The van der Waals surface area contributed by atoms with Crippen molar-refractivity contribution in [3.05, 3.63) is 24.2 Å². The average molecular weight is 280 g/mol. The predicted octanol–water partition coefficient (Wildman–Crippen LogP) is 0.644. The Morgan fingerprint density at radius 3 is 2.40 bits per heavy atom. The summed E-state index contributed by atoms with van der Waals surface area (Å²) in [7, 11) is 0. The molecule has 5 nitrogen and oxygen atoms in total. The molecule has 0 saturated carbocycles. The molecule has 0 bridgehead atoms. The molecule has 20 heavy (non-hydrogen) atoms. The molecular formula is C15H28N4O. The van der Waals surface area contributed by atoms with E-state index in [-0.39, 0.29) is 0 Å². The fourth-order valence-corrected chi connectivity index (χ4v) is 2.45. The molecule has 1 aromatic heterocycles. The molecule has 1 aliphatic rings. The minimum Gasteiger partial charge on any atom is -0.468 e. The molecule has 0 aliphatic carbocycles. The van der Waals surface area contributed by atoms with Crippen molar-refractivity contribution in [3.8, 4) is 0 Å². The van der Waals surface area contributed by atoms with Gasteiger partial charge in [-0.3, -0.25) is 4.90 Å². The first-order valence-electron chi connectivity index (χ1n) is 7.82. The van der Waals surface area contributed by atoms with Gasteiger partial charge in [0, 0.05) is 26.2 Å². The van der Waals surface area contributed by atoms with Crippen LogP contribution in [0, 0.1) is 0 Å². The molecule has 0 amide bonds. The fourth-order valence-electron chi connectivity index (χ4n) is 2.45. The lowest BCUT2D eigenvalue weighted by atomic mass is 10.3. The number of furan rings is 1. The van der Waals surface area contributed by atoms with Gasteiger partial charge in [-0.15, -0.1) is 0 Å². The summed E-state index contributed by atoms with van der Waals surface area (Å²) in [4.78, 5) is 2.47. The Morgan fingerprint density at radius 1 is 0.900 bits per heavy atom. The van der Waals surface area contributed by atoms with Crippen molar-refractivity contribution in [2.24, 2.45) is 0 Å². The third-order valence-electron chi connectivity index (χ3n) is 3.58. The van der Waals surface area contributed by atoms with Crippen LogP contribution in [0.3, 0.4) is 0 Å². The van der Waals surface area contributed by atoms with Gasteiger partial charge < -0.3 is 20.4 Å². The fraction of sp³-hybridized carbons (Fsp3) is 0.733. The lowest BCUT2D eigenvalue weighted by molar-refractivity contribution is 0.239. The topological polar surface area (TPSA) is 52.5 Å². The molecule has 0 atom stereocenters. The van der Waals surface area contributed by atoms with Crippen LogP contribution >= 0.6 is 0 Å². The Balaban J connectivity index is 1.75. The SMILES string of the molecule is c1coc(CN2CCCNCCNCCCNCC2)c1. The van der Waals surface area contributed by atoms with E-state index in [1.165, 1.54) is 12.8 Å². The highest BCUT2D eigenvalue weighted by atomic mass is 16.3. The van der Waals surface area contributed by atoms with Gasteiger partial charge in [0.15, 0.2) is 0 Å². The number of nitrogens with zero attached hydrogens (tertiary/aromatic N) is 1. The van der Waals surface area contributed by atoms with E-state index in [0.717, 1.165) is 64.7 Å². The summed E-state index contributed by atoms with van der Waals surface area (Å²) >= 11 is 0. The number of rotatable bonds is 2. The zero-order chi connectivity index (χ0) is 13.9. The standard InChI is InChI=1S/C15H28N4O/c1-4-15(20-13-1)14-19-11-3-7-17-9-8-16-5-2-6-18-10-12-19/h1,4,13,16-18H,2-3,5-12,14H2. The van der Waals surface area contributed by atoms with Crippen molar-refractivity contribution in [2.45, 2.75) is 19.4 Å². The van der Waals surface area contributed by atoms with Crippen LogP contribution in [0.4, 0.5) is 0 Å². The Labute approximate surface area is 122 Å². The summed E-state index contributed by atoms with van der Waals surface area (Å²) in [6, 6.07) is 4.02. The molecule has 114 valence electrons. The van der Waals surface area contributed by atoms with Crippen LogP contribution in [0.1, 0.15) is 18.6 Å². The van der Waals surface area contributed by atoms with Gasteiger partial charge in [-0.2, -0.15) is 0 Å². The van der Waals surface area contributed by atoms with Crippen LogP contribution in [0.15, 0.2) is 22.8 Å². The minimum absolute atomic E-state index is 0.913. The number of nitrogens with one attached hydrogen (secondary N) is 3. The van der Waals surface area contributed by atoms with Crippen LogP contribution in [0.25, 0.3) is 0 Å². The molecule has 1 saturated heterocycles. The quantitative estimate of drug-likeness (QED) is 0.742. The lowest BCUT2D eigenvalue weighted by Gasteiger charge is -2.22. The first-order valence-corrected chi connectivity index (χ1v) is 7.82. The largest absolute Gasteiger partial charge is 0.468 e. The summed E-state index contributed by atoms with van der Waals surface area (Å²) < 4.78 is 5.46. The summed E-state index contributed by atoms with van der Waals surface area (Å²) in [5, 5.41) is 10.5. The maximum atomic E-state index is 5.46. The van der Waals surface area contributed by atoms with E-state index in [1.807, 2.05) is 6.07 Å². The predicted molar refractivity (Wildman–Crippen MR) is 81.8 cm³/mol. The van der Waals surface area contributed by atoms with E-state index < -0.39 is 0 Å². The highest BCUT2D eigenvalue weighted by Crippen LogP contribution is 2.05. The summed E-state index contributed by atoms with van der Waals surface area (Å²) in [6.45, 7) is 9.56. The molecule has 0 unspecified atom stereocenters. The molecule has 1 aromatic rings. The number of hydrogen-bond donors (Lipinski definition) is 3. The van der Waals surface area contributed by atoms with Crippen molar-refractivity contribution in [1.29, 1.82) is 0 Å². The van der Waals surface area contributed by atoms with Gasteiger partial charge in [0.25, 0.3) is 0 Å². The van der Waals surface area contributed by atoms with Crippen LogP contribution in [0.5, 0.6) is 0 Å². The second kappa shape index (κ2) is 9.94. The van der Waals surface area contributed by atoms with Crippen molar-refractivity contribution < 1.29 is 4.42 Å². The highest BCUT2D eigenvalue weighted by molar-refractivity contribution is 4.97. The van der Waals surface area contributed by atoms with Crippen LogP contribution in [-0.4, -0.2) is 57.3 Å². The molecule has 1 aliphatic heterocycles. The van der Waals surface area contributed by atoms with Crippen molar-refractivity contribution in [1.82, 2.24) is 20.9 Å². The van der Waals surface area contributed by atoms with E-state index in [0.29, 0.717) is 0 Å². The van der Waals surface area contributed by atoms with Crippen LogP contribution < -0.4 is 16.0 Å². The Hall–Kier alpha value is -0.880. The maximum absolute atomic E-state index is 5.46. The van der Waals surface area contributed by atoms with Gasteiger partial charge in [0.05, 0.1) is 12.8 Å². The number of hydrogen-bond acceptors (Lipinski definition) is 5. The second-order valence-electron chi connectivity index (χ2n) is 5.31. The van der Waals surface area contributed by atoms with E-state index in [2.05, 4.69) is 26.9 Å². The lowest BCUT2D eigenvalue weighted by Crippen LogP contribution is -2.36. The van der Waals surface area contributed by atoms with Gasteiger partial charge in [0.2, 0.25) is 0 Å². The molecule has 2 rings (SSSR count). The first-order chi connectivity index (χ1) is 9.95. The highest BCUT2D eigenvalue weighted by Gasteiger charge is 2.07. The van der Waals surface area contributed by atoms with E-state index >= 15 is 0 Å². The molecule has 0 spiro atoms. The molecule has 1 fully saturated rings. The van der Waals surface area contributed by atoms with Crippen molar-refractivity contribution in [3.63, 3.8) is 0 Å². The molecule has 5 heteroatoms. The van der Waals surface area contributed by atoms with Crippen molar-refractivity contribution in [2.75, 3.05) is 52.4 Å². The summed E-state index contributed by atoms with van der Waals surface area (Å²) in [5.74, 6) is 1.06. The second-order valence-corrected chi connectivity index (χ2v) is 5.31. The van der Waals surface area contributed by atoms with E-state index in [4.69, 9.17) is 4.42 Å². The van der Waals surface area contributed by atoms with Gasteiger partial charge >= 0.3 is 0 Å². The summed E-state index contributed by atoms with van der Waals surface area (Å²) in [5.41, 5.74) is 0. The minimum atomic E-state index is 0.913. The van der Waals surface area contributed by atoms with Gasteiger partial charge in [-0.05, 0) is 51.2 Å². The first kappa shape index (κ1) is 15.5. The maximum Gasteiger partial charge on any atom is 0.117 e. The molecule has 0 aromatic carbocycles. The van der Waals surface area contributed by atoms with E-state index in [1.54, 1.807) is 6.26 Å². The molecular weight excluding hydrogens is 252 g/mol. The molecule has 2 heterocycles. The van der Waals surface area contributed by atoms with Crippen molar-refractivity contribution >= 4 is 0 Å². The third kappa shape index (κ3) is 6.52. The van der Waals surface area contributed by atoms with E-state index in [9.17, 15) is 0 Å². The Morgan fingerprint density at radius 2 is 1.65 bits per heavy atom. The van der Waals surface area contributed by atoms with Gasteiger partial charge in [-0.25, -0.2) is 0 Å². The van der Waals surface area contributed by atoms with Crippen LogP contribution in [0.2, 0.25) is 0 Å². The normalized spacial score (nSPS) is 21.4. The van der Waals surface area contributed by atoms with Gasteiger partial charge in [0.1, 0.15) is 5.76 Å². The molecule has 3 N–H and O–H groups in total. The monoisotopic (exact) mass is 280 g/mol. The average Bonchev–Trinajstić information content (AvgIpc) is 2.96. The Bertz CT molecular complexity index is 315. The smallest absolute Gasteiger partial charge is 0.117 e. The zero-order valence-corrected chi connectivity index (χ0v) is 12.4. The third-order valence-corrected chi connectivity index (χ3v) is 3.58. The summed E-state index contributed by atoms with van der Waals surface area (Å²) in [6.07, 6.45) is 4.13. The van der Waals surface area contributed by atoms with Crippen LogP contribution in [-0.2, 0) is 6.54 Å². The van der Waals surface area contributed by atoms with Gasteiger partial charge in [-0.1, -0.05) is 0 Å².